The highest BCUT2D eigenvalue weighted by Crippen LogP contribution is 2.07. The molecule has 0 aliphatic rings. The highest BCUT2D eigenvalue weighted by atomic mass is 16.5. The standard InChI is InChI=1S/C12H14N6O/c1-8-4-6-18-10(7-8)15-12(16-18)13-5-3-11-14-9(2)17-19-11/h4,6-7H,3,5H2,1-2H3,(H,13,16). The van der Waals surface area contributed by atoms with E-state index in [1.807, 2.05) is 25.3 Å². The van der Waals surface area contributed by atoms with E-state index in [4.69, 9.17) is 4.52 Å². The molecule has 0 saturated carbocycles. The van der Waals surface area contributed by atoms with Gasteiger partial charge in [0.15, 0.2) is 11.5 Å². The van der Waals surface area contributed by atoms with Crippen LogP contribution in [0.3, 0.4) is 0 Å². The summed E-state index contributed by atoms with van der Waals surface area (Å²) in [5, 5.41) is 11.2. The monoisotopic (exact) mass is 258 g/mol. The van der Waals surface area contributed by atoms with Gasteiger partial charge in [-0.25, -0.2) is 4.52 Å². The van der Waals surface area contributed by atoms with E-state index in [1.165, 1.54) is 0 Å². The normalized spacial score (nSPS) is 11.1. The van der Waals surface area contributed by atoms with Crippen molar-refractivity contribution in [2.24, 2.45) is 0 Å². The first kappa shape index (κ1) is 11.6. The van der Waals surface area contributed by atoms with Gasteiger partial charge in [-0.3, -0.25) is 0 Å². The Labute approximate surface area is 109 Å². The first-order valence-electron chi connectivity index (χ1n) is 6.07. The Morgan fingerprint density at radius 3 is 3.00 bits per heavy atom. The average Bonchev–Trinajstić information content (AvgIpc) is 2.95. The van der Waals surface area contributed by atoms with Crippen molar-refractivity contribution in [1.29, 1.82) is 0 Å². The van der Waals surface area contributed by atoms with Crippen molar-refractivity contribution in [1.82, 2.24) is 24.7 Å². The van der Waals surface area contributed by atoms with Crippen LogP contribution < -0.4 is 5.32 Å². The van der Waals surface area contributed by atoms with Gasteiger partial charge < -0.3 is 9.84 Å². The van der Waals surface area contributed by atoms with Crippen LogP contribution in [0, 0.1) is 13.8 Å². The first-order chi connectivity index (χ1) is 9.20. The molecule has 0 spiro atoms. The third-order valence-electron chi connectivity index (χ3n) is 2.68. The Kier molecular flexibility index (Phi) is 2.86. The number of hydrogen-bond acceptors (Lipinski definition) is 6. The lowest BCUT2D eigenvalue weighted by atomic mass is 10.3. The minimum Gasteiger partial charge on any atom is -0.352 e. The van der Waals surface area contributed by atoms with Crippen molar-refractivity contribution >= 4 is 11.6 Å². The SMILES string of the molecule is Cc1ccn2nc(NCCc3nc(C)no3)nc2c1. The highest BCUT2D eigenvalue weighted by molar-refractivity contribution is 5.45. The molecule has 0 unspecified atom stereocenters. The molecule has 0 aromatic carbocycles. The smallest absolute Gasteiger partial charge is 0.243 e. The molecule has 0 radical (unpaired) electrons. The number of nitrogens with zero attached hydrogens (tertiary/aromatic N) is 5. The molecule has 98 valence electrons. The summed E-state index contributed by atoms with van der Waals surface area (Å²) in [5.41, 5.74) is 1.99. The quantitative estimate of drug-likeness (QED) is 0.761. The van der Waals surface area contributed by atoms with E-state index in [-0.39, 0.29) is 0 Å². The second-order valence-electron chi connectivity index (χ2n) is 4.35. The summed E-state index contributed by atoms with van der Waals surface area (Å²) in [5.74, 6) is 1.86. The molecule has 3 heterocycles. The number of hydrogen-bond donors (Lipinski definition) is 1. The topological polar surface area (TPSA) is 81.1 Å². The summed E-state index contributed by atoms with van der Waals surface area (Å²) in [7, 11) is 0. The third-order valence-corrected chi connectivity index (χ3v) is 2.68. The van der Waals surface area contributed by atoms with Gasteiger partial charge in [0.2, 0.25) is 11.8 Å². The summed E-state index contributed by atoms with van der Waals surface area (Å²) < 4.78 is 6.77. The van der Waals surface area contributed by atoms with Crippen LogP contribution in [0.15, 0.2) is 22.9 Å². The van der Waals surface area contributed by atoms with E-state index in [1.54, 1.807) is 11.4 Å². The predicted molar refractivity (Wildman–Crippen MR) is 69.0 cm³/mol. The van der Waals surface area contributed by atoms with E-state index in [0.717, 1.165) is 11.2 Å². The van der Waals surface area contributed by atoms with Gasteiger partial charge in [0.05, 0.1) is 0 Å². The van der Waals surface area contributed by atoms with Crippen LogP contribution in [0.1, 0.15) is 17.3 Å². The van der Waals surface area contributed by atoms with Gasteiger partial charge in [0, 0.05) is 19.2 Å². The minimum atomic E-state index is 0.599. The molecule has 0 saturated heterocycles. The van der Waals surface area contributed by atoms with Crippen LogP contribution in [-0.2, 0) is 6.42 Å². The molecule has 7 heteroatoms. The fourth-order valence-electron chi connectivity index (χ4n) is 1.78. The lowest BCUT2D eigenvalue weighted by molar-refractivity contribution is 0.377. The summed E-state index contributed by atoms with van der Waals surface area (Å²) in [6, 6.07) is 3.98. The summed E-state index contributed by atoms with van der Waals surface area (Å²) in [4.78, 5) is 8.52. The fourth-order valence-corrected chi connectivity index (χ4v) is 1.78. The molecule has 3 aromatic heterocycles. The lowest BCUT2D eigenvalue weighted by Crippen LogP contribution is -2.06. The van der Waals surface area contributed by atoms with Gasteiger partial charge >= 0.3 is 0 Å². The summed E-state index contributed by atoms with van der Waals surface area (Å²) >= 11 is 0. The Bertz CT molecular complexity index is 701. The van der Waals surface area contributed by atoms with Crippen LogP contribution in [0.5, 0.6) is 0 Å². The molecular formula is C12H14N6O. The van der Waals surface area contributed by atoms with Crippen molar-refractivity contribution in [2.75, 3.05) is 11.9 Å². The van der Waals surface area contributed by atoms with Gasteiger partial charge in [-0.1, -0.05) is 5.16 Å². The number of rotatable bonds is 4. The predicted octanol–water partition coefficient (Wildman–Crippen LogP) is 1.38. The van der Waals surface area contributed by atoms with Crippen LogP contribution in [0.2, 0.25) is 0 Å². The minimum absolute atomic E-state index is 0.599. The third kappa shape index (κ3) is 2.54. The largest absolute Gasteiger partial charge is 0.352 e. The molecule has 0 aliphatic carbocycles. The summed E-state index contributed by atoms with van der Waals surface area (Å²) in [6.07, 6.45) is 2.54. The van der Waals surface area contributed by atoms with Crippen LogP contribution >= 0.6 is 0 Å². The molecule has 3 aromatic rings. The molecule has 7 nitrogen and oxygen atoms in total. The molecule has 19 heavy (non-hydrogen) atoms. The van der Waals surface area contributed by atoms with Crippen molar-refractivity contribution in [3.05, 3.63) is 35.6 Å². The van der Waals surface area contributed by atoms with Crippen molar-refractivity contribution in [3.8, 4) is 0 Å². The molecule has 1 N–H and O–H groups in total. The van der Waals surface area contributed by atoms with E-state index < -0.39 is 0 Å². The molecule has 0 fully saturated rings. The number of aryl methyl sites for hydroxylation is 2. The van der Waals surface area contributed by atoms with Gasteiger partial charge in [-0.05, 0) is 31.5 Å². The highest BCUT2D eigenvalue weighted by Gasteiger charge is 2.05. The van der Waals surface area contributed by atoms with Crippen LogP contribution in [0.4, 0.5) is 5.95 Å². The molecule has 0 bridgehead atoms. The van der Waals surface area contributed by atoms with E-state index >= 15 is 0 Å². The van der Waals surface area contributed by atoms with Gasteiger partial charge in [0.1, 0.15) is 0 Å². The van der Waals surface area contributed by atoms with Gasteiger partial charge in [0.25, 0.3) is 0 Å². The van der Waals surface area contributed by atoms with Crippen molar-refractivity contribution in [2.45, 2.75) is 20.3 Å². The number of pyridine rings is 1. The molecule has 0 atom stereocenters. The fraction of sp³-hybridized carbons (Fsp3) is 0.333. The Balaban J connectivity index is 1.65. The maximum Gasteiger partial charge on any atom is 0.243 e. The second kappa shape index (κ2) is 4.68. The summed E-state index contributed by atoms with van der Waals surface area (Å²) in [6.45, 7) is 4.48. The maximum absolute atomic E-state index is 5.03. The van der Waals surface area contributed by atoms with E-state index in [2.05, 4.69) is 25.5 Å². The average molecular weight is 258 g/mol. The van der Waals surface area contributed by atoms with Gasteiger partial charge in [-0.2, -0.15) is 9.97 Å². The molecule has 0 aliphatic heterocycles. The number of fused-ring (bicyclic) bond motifs is 1. The zero-order valence-electron chi connectivity index (χ0n) is 10.8. The number of aromatic nitrogens is 5. The van der Waals surface area contributed by atoms with Crippen LogP contribution in [-0.4, -0.2) is 31.3 Å². The number of nitrogens with one attached hydrogen (secondary N) is 1. The zero-order chi connectivity index (χ0) is 13.2. The second-order valence-corrected chi connectivity index (χ2v) is 4.35. The first-order valence-corrected chi connectivity index (χ1v) is 6.07. The van der Waals surface area contributed by atoms with E-state index in [0.29, 0.717) is 30.6 Å². The molecule has 3 rings (SSSR count). The lowest BCUT2D eigenvalue weighted by Gasteiger charge is -1.96. The Morgan fingerprint density at radius 2 is 2.21 bits per heavy atom. The molecular weight excluding hydrogens is 244 g/mol. The van der Waals surface area contributed by atoms with E-state index in [9.17, 15) is 0 Å². The molecule has 0 amide bonds. The Hall–Kier alpha value is -2.44. The maximum atomic E-state index is 5.03. The van der Waals surface area contributed by atoms with Crippen molar-refractivity contribution < 1.29 is 4.52 Å². The van der Waals surface area contributed by atoms with Crippen LogP contribution in [0.25, 0.3) is 5.65 Å². The van der Waals surface area contributed by atoms with Gasteiger partial charge in [-0.15, -0.1) is 5.10 Å². The number of anilines is 1. The zero-order valence-corrected chi connectivity index (χ0v) is 10.8. The van der Waals surface area contributed by atoms with Crippen molar-refractivity contribution in [3.63, 3.8) is 0 Å². The Morgan fingerprint density at radius 1 is 1.32 bits per heavy atom.